The number of nitrogens with zero attached hydrogens (tertiary/aromatic N) is 1. The van der Waals surface area contributed by atoms with Crippen LogP contribution in [0, 0.1) is 0 Å². The summed E-state index contributed by atoms with van der Waals surface area (Å²) in [6.45, 7) is 5.69. The van der Waals surface area contributed by atoms with Crippen LogP contribution in [0.4, 0.5) is 0 Å². The minimum absolute atomic E-state index is 0.551. The molecule has 0 amide bonds. The third-order valence-electron chi connectivity index (χ3n) is 2.02. The maximum Gasteiger partial charge on any atom is 0.297 e. The first-order valence-electron chi connectivity index (χ1n) is 5.67. The predicted octanol–water partition coefficient (Wildman–Crippen LogP) is 2.77. The molecule has 1 aromatic heterocycles. The van der Waals surface area contributed by atoms with Gasteiger partial charge in [0.2, 0.25) is 5.88 Å². The lowest BCUT2D eigenvalue weighted by atomic mass is 10.4. The molecule has 1 aromatic rings. The van der Waals surface area contributed by atoms with Crippen molar-refractivity contribution in [3.63, 3.8) is 0 Å². The van der Waals surface area contributed by atoms with Gasteiger partial charge >= 0.3 is 0 Å². The Bertz CT molecular complexity index is 236. The maximum absolute atomic E-state index is 5.41. The molecule has 1 heterocycles. The molecule has 0 unspecified atom stereocenters. The number of ether oxygens (including phenoxy) is 2. The van der Waals surface area contributed by atoms with Crippen LogP contribution < -0.4 is 9.47 Å². The average Bonchev–Trinajstić information content (AvgIpc) is 2.67. The van der Waals surface area contributed by atoms with E-state index < -0.39 is 0 Å². The van der Waals surface area contributed by atoms with Gasteiger partial charge in [-0.3, -0.25) is 0 Å². The number of H-pyrrole nitrogens is 1. The number of aromatic amines is 1. The van der Waals surface area contributed by atoms with Gasteiger partial charge in [-0.15, -0.1) is 0 Å². The lowest BCUT2D eigenvalue weighted by Crippen LogP contribution is -1.99. The highest BCUT2D eigenvalue weighted by molar-refractivity contribution is 5.10. The molecule has 1 rings (SSSR count). The Hall–Kier alpha value is -1.19. The molecule has 4 nitrogen and oxygen atoms in total. The molecular formula is C11H20N2O2. The molecule has 4 heteroatoms. The van der Waals surface area contributed by atoms with Crippen LogP contribution in [0.15, 0.2) is 6.20 Å². The van der Waals surface area contributed by atoms with Gasteiger partial charge in [0.25, 0.3) is 6.01 Å². The molecule has 1 N–H and O–H groups in total. The van der Waals surface area contributed by atoms with E-state index in [2.05, 4.69) is 23.8 Å². The first-order chi connectivity index (χ1) is 7.36. The monoisotopic (exact) mass is 212 g/mol. The zero-order valence-electron chi connectivity index (χ0n) is 9.58. The molecule has 0 aromatic carbocycles. The van der Waals surface area contributed by atoms with Crippen LogP contribution >= 0.6 is 0 Å². The summed E-state index contributed by atoms with van der Waals surface area (Å²) in [6.07, 6.45) is 6.09. The van der Waals surface area contributed by atoms with Crippen molar-refractivity contribution in [2.75, 3.05) is 13.2 Å². The lowest BCUT2D eigenvalue weighted by Gasteiger charge is -2.00. The van der Waals surface area contributed by atoms with Crippen LogP contribution in [0.2, 0.25) is 0 Å². The molecule has 0 saturated heterocycles. The average molecular weight is 212 g/mol. The molecule has 0 saturated carbocycles. The molecule has 0 fully saturated rings. The predicted molar refractivity (Wildman–Crippen MR) is 59.4 cm³/mol. The molecular weight excluding hydrogens is 192 g/mol. The summed E-state index contributed by atoms with van der Waals surface area (Å²) in [7, 11) is 0. The molecule has 0 atom stereocenters. The van der Waals surface area contributed by atoms with Crippen molar-refractivity contribution in [1.29, 1.82) is 0 Å². The summed E-state index contributed by atoms with van der Waals surface area (Å²) in [5, 5.41) is 0. The van der Waals surface area contributed by atoms with E-state index in [1.165, 1.54) is 0 Å². The SMILES string of the molecule is CCCCOc1c[nH]c(OCCCC)n1. The number of rotatable bonds is 8. The van der Waals surface area contributed by atoms with Gasteiger partial charge in [-0.1, -0.05) is 26.7 Å². The first-order valence-corrected chi connectivity index (χ1v) is 5.67. The van der Waals surface area contributed by atoms with Crippen LogP contribution in [0.25, 0.3) is 0 Å². The third-order valence-corrected chi connectivity index (χ3v) is 2.02. The second-order valence-corrected chi connectivity index (χ2v) is 3.45. The van der Waals surface area contributed by atoms with E-state index in [0.717, 1.165) is 32.3 Å². The molecule has 0 radical (unpaired) electrons. The third kappa shape index (κ3) is 4.72. The minimum Gasteiger partial charge on any atom is -0.477 e. The van der Waals surface area contributed by atoms with Crippen molar-refractivity contribution in [1.82, 2.24) is 9.97 Å². The highest BCUT2D eigenvalue weighted by Gasteiger charge is 2.01. The largest absolute Gasteiger partial charge is 0.477 e. The normalized spacial score (nSPS) is 10.3. The Morgan fingerprint density at radius 3 is 2.47 bits per heavy atom. The molecule has 0 bridgehead atoms. The Morgan fingerprint density at radius 2 is 1.80 bits per heavy atom. The Morgan fingerprint density at radius 1 is 1.13 bits per heavy atom. The molecule has 0 aliphatic rings. The fraction of sp³-hybridized carbons (Fsp3) is 0.727. The minimum atomic E-state index is 0.551. The number of nitrogens with one attached hydrogen (secondary N) is 1. The van der Waals surface area contributed by atoms with Gasteiger partial charge in [0.1, 0.15) is 0 Å². The molecule has 0 aliphatic heterocycles. The van der Waals surface area contributed by atoms with Crippen LogP contribution in [0.5, 0.6) is 11.9 Å². The van der Waals surface area contributed by atoms with Gasteiger partial charge in [0.05, 0.1) is 19.4 Å². The number of imidazole rings is 1. The van der Waals surface area contributed by atoms with Crippen molar-refractivity contribution < 1.29 is 9.47 Å². The second-order valence-electron chi connectivity index (χ2n) is 3.45. The topological polar surface area (TPSA) is 47.1 Å². The van der Waals surface area contributed by atoms with Gasteiger partial charge < -0.3 is 14.5 Å². The summed E-state index contributed by atoms with van der Waals surface area (Å²) >= 11 is 0. The van der Waals surface area contributed by atoms with Crippen LogP contribution in [0.3, 0.4) is 0 Å². The number of unbranched alkanes of at least 4 members (excludes halogenated alkanes) is 2. The lowest BCUT2D eigenvalue weighted by molar-refractivity contribution is 0.275. The molecule has 0 aliphatic carbocycles. The number of hydrogen-bond acceptors (Lipinski definition) is 3. The van der Waals surface area contributed by atoms with Crippen LogP contribution in [0.1, 0.15) is 39.5 Å². The van der Waals surface area contributed by atoms with Gasteiger partial charge in [0.15, 0.2) is 0 Å². The fourth-order valence-electron chi connectivity index (χ4n) is 1.07. The van der Waals surface area contributed by atoms with Gasteiger partial charge in [-0.25, -0.2) is 0 Å². The van der Waals surface area contributed by atoms with E-state index in [-0.39, 0.29) is 0 Å². The van der Waals surface area contributed by atoms with Crippen LogP contribution in [-0.4, -0.2) is 23.2 Å². The fourth-order valence-corrected chi connectivity index (χ4v) is 1.07. The number of hydrogen-bond donors (Lipinski definition) is 1. The smallest absolute Gasteiger partial charge is 0.297 e. The van der Waals surface area contributed by atoms with Crippen molar-refractivity contribution in [2.24, 2.45) is 0 Å². The summed E-state index contributed by atoms with van der Waals surface area (Å²) < 4.78 is 10.8. The Balaban J connectivity index is 2.23. The highest BCUT2D eigenvalue weighted by atomic mass is 16.5. The van der Waals surface area contributed by atoms with E-state index >= 15 is 0 Å². The van der Waals surface area contributed by atoms with E-state index in [1.54, 1.807) is 6.20 Å². The van der Waals surface area contributed by atoms with Crippen molar-refractivity contribution in [2.45, 2.75) is 39.5 Å². The standard InChI is InChI=1S/C11H20N2O2/c1-3-5-7-14-10-9-12-11(13-10)15-8-6-4-2/h9H,3-8H2,1-2H3,(H,12,13). The highest BCUT2D eigenvalue weighted by Crippen LogP contribution is 2.12. The summed E-state index contributed by atoms with van der Waals surface area (Å²) in [5.41, 5.74) is 0. The summed E-state index contributed by atoms with van der Waals surface area (Å²) in [6, 6.07) is 0.551. The van der Waals surface area contributed by atoms with Gasteiger partial charge in [-0.05, 0) is 12.8 Å². The zero-order valence-corrected chi connectivity index (χ0v) is 9.58. The van der Waals surface area contributed by atoms with E-state index in [9.17, 15) is 0 Å². The van der Waals surface area contributed by atoms with E-state index in [0.29, 0.717) is 18.5 Å². The van der Waals surface area contributed by atoms with Crippen molar-refractivity contribution in [3.8, 4) is 11.9 Å². The zero-order chi connectivity index (χ0) is 10.9. The quantitative estimate of drug-likeness (QED) is 0.674. The molecule has 0 spiro atoms. The van der Waals surface area contributed by atoms with E-state index in [4.69, 9.17) is 9.47 Å². The number of aromatic nitrogens is 2. The van der Waals surface area contributed by atoms with Gasteiger partial charge in [-0.2, -0.15) is 4.98 Å². The van der Waals surface area contributed by atoms with Crippen molar-refractivity contribution >= 4 is 0 Å². The first kappa shape index (κ1) is 11.9. The second kappa shape index (κ2) is 7.15. The maximum atomic E-state index is 5.41. The molecule has 15 heavy (non-hydrogen) atoms. The molecule has 86 valence electrons. The summed E-state index contributed by atoms with van der Waals surface area (Å²) in [4.78, 5) is 7.09. The van der Waals surface area contributed by atoms with Crippen LogP contribution in [-0.2, 0) is 0 Å². The summed E-state index contributed by atoms with van der Waals surface area (Å²) in [5.74, 6) is 0.620. The Labute approximate surface area is 91.0 Å². The van der Waals surface area contributed by atoms with Crippen molar-refractivity contribution in [3.05, 3.63) is 6.20 Å². The van der Waals surface area contributed by atoms with Gasteiger partial charge in [0, 0.05) is 0 Å². The Kier molecular flexibility index (Phi) is 5.66. The van der Waals surface area contributed by atoms with E-state index in [1.807, 2.05) is 0 Å².